The third kappa shape index (κ3) is 1.85. The van der Waals surface area contributed by atoms with Crippen LogP contribution in [0.2, 0.25) is 0 Å². The van der Waals surface area contributed by atoms with Crippen molar-refractivity contribution in [2.24, 2.45) is 5.73 Å². The molecular weight excluding hydrogens is 222 g/mol. The van der Waals surface area contributed by atoms with E-state index < -0.39 is 0 Å². The fourth-order valence-corrected chi connectivity index (χ4v) is 3.33. The minimum absolute atomic E-state index is 0.188. The van der Waals surface area contributed by atoms with E-state index in [0.717, 1.165) is 17.9 Å². The van der Waals surface area contributed by atoms with Gasteiger partial charge in [0.1, 0.15) is 11.3 Å². The molecule has 1 aromatic heterocycles. The molecule has 0 saturated heterocycles. The summed E-state index contributed by atoms with van der Waals surface area (Å²) in [5.41, 5.74) is 8.65. The van der Waals surface area contributed by atoms with E-state index in [4.69, 9.17) is 10.2 Å². The van der Waals surface area contributed by atoms with Gasteiger partial charge < -0.3 is 10.2 Å². The van der Waals surface area contributed by atoms with E-state index >= 15 is 0 Å². The zero-order valence-corrected chi connectivity index (χ0v) is 11.0. The van der Waals surface area contributed by atoms with Gasteiger partial charge in [-0.2, -0.15) is 0 Å². The van der Waals surface area contributed by atoms with Crippen molar-refractivity contribution >= 4 is 11.0 Å². The summed E-state index contributed by atoms with van der Waals surface area (Å²) < 4.78 is 5.75. The lowest BCUT2D eigenvalue weighted by atomic mass is 9.69. The highest BCUT2D eigenvalue weighted by atomic mass is 16.3. The molecule has 0 aliphatic heterocycles. The second kappa shape index (κ2) is 4.43. The summed E-state index contributed by atoms with van der Waals surface area (Å²) in [4.78, 5) is 0. The van der Waals surface area contributed by atoms with E-state index in [1.54, 1.807) is 0 Å². The molecule has 0 bridgehead atoms. The van der Waals surface area contributed by atoms with Crippen LogP contribution in [0.5, 0.6) is 0 Å². The van der Waals surface area contributed by atoms with E-state index in [1.165, 1.54) is 43.1 Å². The van der Waals surface area contributed by atoms with Crippen molar-refractivity contribution in [3.05, 3.63) is 35.6 Å². The zero-order valence-electron chi connectivity index (χ0n) is 11.0. The number of fused-ring (bicyclic) bond motifs is 1. The number of benzene rings is 1. The molecule has 0 radical (unpaired) electrons. The van der Waals surface area contributed by atoms with E-state index in [1.807, 2.05) is 6.92 Å². The Hall–Kier alpha value is -1.28. The quantitative estimate of drug-likeness (QED) is 0.868. The second-order valence-corrected chi connectivity index (χ2v) is 5.65. The molecule has 2 nitrogen and oxygen atoms in total. The van der Waals surface area contributed by atoms with Gasteiger partial charge in [-0.25, -0.2) is 0 Å². The lowest BCUT2D eigenvalue weighted by Crippen LogP contribution is -2.37. The zero-order chi connectivity index (χ0) is 12.6. The summed E-state index contributed by atoms with van der Waals surface area (Å²) >= 11 is 0. The molecule has 0 amide bonds. The van der Waals surface area contributed by atoms with Gasteiger partial charge in [0.25, 0.3) is 0 Å². The summed E-state index contributed by atoms with van der Waals surface area (Å²) in [6.07, 6.45) is 6.38. The highest BCUT2D eigenvalue weighted by Gasteiger charge is 2.32. The Bertz CT molecular complexity index is 549. The molecule has 0 atom stereocenters. The first-order chi connectivity index (χ1) is 8.73. The van der Waals surface area contributed by atoms with Crippen molar-refractivity contribution in [2.75, 3.05) is 6.54 Å². The third-order valence-corrected chi connectivity index (χ3v) is 4.46. The first kappa shape index (κ1) is 11.8. The maximum Gasteiger partial charge on any atom is 0.134 e. The maximum absolute atomic E-state index is 6.09. The van der Waals surface area contributed by atoms with Crippen molar-refractivity contribution < 1.29 is 4.42 Å². The molecule has 2 heteroatoms. The molecule has 0 spiro atoms. The molecule has 1 fully saturated rings. The first-order valence-corrected chi connectivity index (χ1v) is 6.94. The highest BCUT2D eigenvalue weighted by molar-refractivity contribution is 5.78. The van der Waals surface area contributed by atoms with Gasteiger partial charge in [-0.05, 0) is 37.5 Å². The molecule has 2 N–H and O–H groups in total. The Balaban J connectivity index is 2.05. The van der Waals surface area contributed by atoms with Crippen molar-refractivity contribution in [3.63, 3.8) is 0 Å². The minimum Gasteiger partial charge on any atom is -0.461 e. The molecule has 2 aromatic rings. The minimum atomic E-state index is 0.188. The van der Waals surface area contributed by atoms with Crippen LogP contribution in [0.25, 0.3) is 11.0 Å². The summed E-state index contributed by atoms with van der Waals surface area (Å²) in [6.45, 7) is 2.75. The van der Waals surface area contributed by atoms with Crippen LogP contribution in [-0.2, 0) is 5.41 Å². The van der Waals surface area contributed by atoms with Crippen LogP contribution in [0.15, 0.2) is 28.7 Å². The number of nitrogens with two attached hydrogens (primary N) is 1. The topological polar surface area (TPSA) is 39.2 Å². The molecule has 1 saturated carbocycles. The van der Waals surface area contributed by atoms with E-state index in [9.17, 15) is 0 Å². The predicted octanol–water partition coefficient (Wildman–Crippen LogP) is 3.90. The molecule has 0 unspecified atom stereocenters. The van der Waals surface area contributed by atoms with Gasteiger partial charge in [-0.1, -0.05) is 31.4 Å². The Morgan fingerprint density at radius 1 is 1.17 bits per heavy atom. The summed E-state index contributed by atoms with van der Waals surface area (Å²) in [6, 6.07) is 8.72. The lowest BCUT2D eigenvalue weighted by Gasteiger charge is -2.36. The molecule has 1 aliphatic carbocycles. The fraction of sp³-hybridized carbons (Fsp3) is 0.500. The molecule has 1 heterocycles. The monoisotopic (exact) mass is 243 g/mol. The number of aryl methyl sites for hydroxylation is 1. The van der Waals surface area contributed by atoms with Crippen LogP contribution in [0.3, 0.4) is 0 Å². The van der Waals surface area contributed by atoms with E-state index in [2.05, 4.69) is 24.3 Å². The van der Waals surface area contributed by atoms with Crippen LogP contribution in [0, 0.1) is 6.92 Å². The van der Waals surface area contributed by atoms with Gasteiger partial charge in [0.2, 0.25) is 0 Å². The summed E-state index contributed by atoms with van der Waals surface area (Å²) in [5.74, 6) is 0.979. The van der Waals surface area contributed by atoms with Crippen LogP contribution >= 0.6 is 0 Å². The average molecular weight is 243 g/mol. The maximum atomic E-state index is 6.09. The van der Waals surface area contributed by atoms with Gasteiger partial charge in [0.15, 0.2) is 0 Å². The van der Waals surface area contributed by atoms with Crippen molar-refractivity contribution in [2.45, 2.75) is 44.4 Å². The van der Waals surface area contributed by atoms with Crippen molar-refractivity contribution in [3.8, 4) is 0 Å². The van der Waals surface area contributed by atoms with Gasteiger partial charge >= 0.3 is 0 Å². The summed E-state index contributed by atoms with van der Waals surface area (Å²) in [5, 5.41) is 1.19. The lowest BCUT2D eigenvalue weighted by molar-refractivity contribution is 0.301. The van der Waals surface area contributed by atoms with Gasteiger partial charge in [-0.3, -0.25) is 0 Å². The van der Waals surface area contributed by atoms with Crippen LogP contribution in [0.4, 0.5) is 0 Å². The SMILES string of the molecule is Cc1cc2ccc(C3(CN)CCCCC3)cc2o1. The van der Waals surface area contributed by atoms with Crippen LogP contribution < -0.4 is 5.73 Å². The molecular formula is C16H21NO. The first-order valence-electron chi connectivity index (χ1n) is 6.94. The Kier molecular flexibility index (Phi) is 2.90. The molecule has 1 aliphatic rings. The number of rotatable bonds is 2. The average Bonchev–Trinajstić information content (AvgIpc) is 2.78. The largest absolute Gasteiger partial charge is 0.461 e. The number of hydrogen-bond donors (Lipinski definition) is 1. The van der Waals surface area contributed by atoms with E-state index in [0.29, 0.717) is 0 Å². The van der Waals surface area contributed by atoms with E-state index in [-0.39, 0.29) is 5.41 Å². The highest BCUT2D eigenvalue weighted by Crippen LogP contribution is 2.39. The Morgan fingerprint density at radius 3 is 2.67 bits per heavy atom. The summed E-state index contributed by atoms with van der Waals surface area (Å²) in [7, 11) is 0. The molecule has 96 valence electrons. The normalized spacial score (nSPS) is 19.2. The van der Waals surface area contributed by atoms with Crippen LogP contribution in [-0.4, -0.2) is 6.54 Å². The van der Waals surface area contributed by atoms with Gasteiger partial charge in [0, 0.05) is 17.3 Å². The third-order valence-electron chi connectivity index (χ3n) is 4.46. The Morgan fingerprint density at radius 2 is 1.94 bits per heavy atom. The predicted molar refractivity (Wildman–Crippen MR) is 74.8 cm³/mol. The fourth-order valence-electron chi connectivity index (χ4n) is 3.33. The van der Waals surface area contributed by atoms with Crippen LogP contribution in [0.1, 0.15) is 43.4 Å². The van der Waals surface area contributed by atoms with Gasteiger partial charge in [-0.15, -0.1) is 0 Å². The molecule has 18 heavy (non-hydrogen) atoms. The van der Waals surface area contributed by atoms with Crippen molar-refractivity contribution in [1.29, 1.82) is 0 Å². The van der Waals surface area contributed by atoms with Gasteiger partial charge in [0.05, 0.1) is 0 Å². The number of hydrogen-bond acceptors (Lipinski definition) is 2. The molecule has 1 aromatic carbocycles. The standard InChI is InChI=1S/C16H21NO/c1-12-9-13-5-6-14(10-15(13)18-12)16(11-17)7-3-2-4-8-16/h5-6,9-10H,2-4,7-8,11,17H2,1H3. The smallest absolute Gasteiger partial charge is 0.134 e. The second-order valence-electron chi connectivity index (χ2n) is 5.65. The Labute approximate surface area is 108 Å². The van der Waals surface area contributed by atoms with Crippen molar-refractivity contribution in [1.82, 2.24) is 0 Å². The number of furan rings is 1. The molecule has 3 rings (SSSR count).